The normalized spacial score (nSPS) is 14.1. The van der Waals surface area contributed by atoms with Gasteiger partial charge >= 0.3 is 0 Å². The molecule has 3 rings (SSSR count). The summed E-state index contributed by atoms with van der Waals surface area (Å²) in [5.41, 5.74) is 2.18. The van der Waals surface area contributed by atoms with E-state index in [-0.39, 0.29) is 28.2 Å². The van der Waals surface area contributed by atoms with E-state index >= 15 is 0 Å². The number of hydrogen-bond donors (Lipinski definition) is 1. The van der Waals surface area contributed by atoms with Crippen LogP contribution in [-0.2, 0) is 32.5 Å². The topological polar surface area (TPSA) is 84.9 Å². The SMILES string of the molecule is CCOCCCNC(=O)COc1ccc(S(=O)(=O)N2CCc3ccccc3C2)cc1Cl. The van der Waals surface area contributed by atoms with Crippen molar-refractivity contribution in [1.82, 2.24) is 9.62 Å². The number of sulfonamides is 1. The van der Waals surface area contributed by atoms with Gasteiger partial charge in [0.1, 0.15) is 5.75 Å². The van der Waals surface area contributed by atoms with Crippen LogP contribution in [0, 0.1) is 0 Å². The van der Waals surface area contributed by atoms with Crippen LogP contribution in [0.25, 0.3) is 0 Å². The second-order valence-corrected chi connectivity index (χ2v) is 9.48. The molecular weight excluding hydrogens is 440 g/mol. The monoisotopic (exact) mass is 466 g/mol. The van der Waals surface area contributed by atoms with E-state index in [1.54, 1.807) is 0 Å². The molecule has 0 aromatic heterocycles. The quantitative estimate of drug-likeness (QED) is 0.544. The number of carbonyl (C=O) groups excluding carboxylic acids is 1. The second kappa shape index (κ2) is 10.9. The number of amides is 1. The van der Waals surface area contributed by atoms with Crippen LogP contribution < -0.4 is 10.1 Å². The van der Waals surface area contributed by atoms with Crippen molar-refractivity contribution in [1.29, 1.82) is 0 Å². The third-order valence-corrected chi connectivity index (χ3v) is 7.12. The maximum Gasteiger partial charge on any atom is 0.257 e. The van der Waals surface area contributed by atoms with Gasteiger partial charge in [0.25, 0.3) is 5.91 Å². The molecule has 1 N–H and O–H groups in total. The van der Waals surface area contributed by atoms with E-state index in [2.05, 4.69) is 5.32 Å². The summed E-state index contributed by atoms with van der Waals surface area (Å²) in [6.45, 7) is 4.18. The fourth-order valence-electron chi connectivity index (χ4n) is 3.32. The zero-order valence-electron chi connectivity index (χ0n) is 17.5. The van der Waals surface area contributed by atoms with Crippen molar-refractivity contribution in [2.75, 3.05) is 32.9 Å². The molecule has 7 nitrogen and oxygen atoms in total. The average molecular weight is 467 g/mol. The van der Waals surface area contributed by atoms with Gasteiger partial charge in [0, 0.05) is 32.8 Å². The molecule has 0 unspecified atom stereocenters. The highest BCUT2D eigenvalue weighted by Gasteiger charge is 2.28. The van der Waals surface area contributed by atoms with Gasteiger partial charge in [0.15, 0.2) is 6.61 Å². The third kappa shape index (κ3) is 6.20. The molecule has 2 aromatic rings. The lowest BCUT2D eigenvalue weighted by Crippen LogP contribution is -2.35. The summed E-state index contributed by atoms with van der Waals surface area (Å²) in [4.78, 5) is 12.0. The smallest absolute Gasteiger partial charge is 0.257 e. The molecule has 9 heteroatoms. The molecule has 31 heavy (non-hydrogen) atoms. The molecule has 0 fully saturated rings. The van der Waals surface area contributed by atoms with Crippen LogP contribution in [-0.4, -0.2) is 51.5 Å². The zero-order chi connectivity index (χ0) is 22.3. The van der Waals surface area contributed by atoms with E-state index in [1.165, 1.54) is 28.1 Å². The first-order valence-electron chi connectivity index (χ1n) is 10.3. The molecule has 2 aromatic carbocycles. The fraction of sp³-hybridized carbons (Fsp3) is 0.409. The third-order valence-electron chi connectivity index (χ3n) is 4.99. The number of ether oxygens (including phenoxy) is 2. The average Bonchev–Trinajstić information content (AvgIpc) is 2.77. The van der Waals surface area contributed by atoms with Gasteiger partial charge in [0.2, 0.25) is 10.0 Å². The minimum atomic E-state index is -3.69. The maximum absolute atomic E-state index is 13.1. The van der Waals surface area contributed by atoms with Crippen molar-refractivity contribution >= 4 is 27.5 Å². The Morgan fingerprint density at radius 1 is 1.19 bits per heavy atom. The van der Waals surface area contributed by atoms with E-state index in [9.17, 15) is 13.2 Å². The highest BCUT2D eigenvalue weighted by atomic mass is 35.5. The standard InChI is InChI=1S/C22H27ClN2O5S/c1-2-29-13-5-11-24-22(26)16-30-21-9-8-19(14-20(21)23)31(27,28)25-12-10-17-6-3-4-7-18(17)15-25/h3-4,6-9,14H,2,5,10-13,15-16H2,1H3,(H,24,26). The van der Waals surface area contributed by atoms with E-state index in [0.717, 1.165) is 5.56 Å². The summed E-state index contributed by atoms with van der Waals surface area (Å²) in [5, 5.41) is 2.87. The summed E-state index contributed by atoms with van der Waals surface area (Å²) in [6.07, 6.45) is 1.39. The zero-order valence-corrected chi connectivity index (χ0v) is 19.0. The van der Waals surface area contributed by atoms with Crippen molar-refractivity contribution in [3.05, 3.63) is 58.6 Å². The molecule has 0 saturated heterocycles. The van der Waals surface area contributed by atoms with Crippen molar-refractivity contribution in [3.63, 3.8) is 0 Å². The summed E-state index contributed by atoms with van der Waals surface area (Å²) in [7, 11) is -3.69. The number of nitrogens with zero attached hydrogens (tertiary/aromatic N) is 1. The van der Waals surface area contributed by atoms with Crippen LogP contribution in [0.4, 0.5) is 0 Å². The van der Waals surface area contributed by atoms with Gasteiger partial charge in [-0.15, -0.1) is 0 Å². The molecule has 0 radical (unpaired) electrons. The van der Waals surface area contributed by atoms with Crippen LogP contribution in [0.15, 0.2) is 47.4 Å². The minimum absolute atomic E-state index is 0.101. The number of benzene rings is 2. The molecule has 0 saturated carbocycles. The number of fused-ring (bicyclic) bond motifs is 1. The summed E-state index contributed by atoms with van der Waals surface area (Å²) in [5.74, 6) is -0.0229. The Morgan fingerprint density at radius 3 is 2.71 bits per heavy atom. The summed E-state index contributed by atoms with van der Waals surface area (Å²) < 4.78 is 38.3. The number of halogens is 1. The van der Waals surface area contributed by atoms with Crippen molar-refractivity contribution in [3.8, 4) is 5.75 Å². The fourth-order valence-corrected chi connectivity index (χ4v) is 5.07. The van der Waals surface area contributed by atoms with Crippen molar-refractivity contribution in [2.45, 2.75) is 31.2 Å². The first-order chi connectivity index (χ1) is 14.9. The van der Waals surface area contributed by atoms with Gasteiger partial charge in [-0.3, -0.25) is 4.79 Å². The Bertz CT molecular complexity index is 1010. The van der Waals surface area contributed by atoms with E-state index in [4.69, 9.17) is 21.1 Å². The first kappa shape index (κ1) is 23.5. The van der Waals surface area contributed by atoms with Crippen LogP contribution in [0.2, 0.25) is 5.02 Å². The van der Waals surface area contributed by atoms with Gasteiger partial charge in [0.05, 0.1) is 9.92 Å². The van der Waals surface area contributed by atoms with Crippen LogP contribution >= 0.6 is 11.6 Å². The molecule has 0 atom stereocenters. The van der Waals surface area contributed by atoms with E-state index in [0.29, 0.717) is 45.7 Å². The second-order valence-electron chi connectivity index (χ2n) is 7.14. The molecule has 1 aliphatic rings. The molecule has 1 amide bonds. The Hall–Kier alpha value is -2.13. The molecule has 168 valence electrons. The molecular formula is C22H27ClN2O5S. The predicted molar refractivity (Wildman–Crippen MR) is 119 cm³/mol. The lowest BCUT2D eigenvalue weighted by molar-refractivity contribution is -0.123. The summed E-state index contributed by atoms with van der Waals surface area (Å²) >= 11 is 6.24. The summed E-state index contributed by atoms with van der Waals surface area (Å²) in [6, 6.07) is 12.1. The van der Waals surface area contributed by atoms with Gasteiger partial charge < -0.3 is 14.8 Å². The van der Waals surface area contributed by atoms with Gasteiger partial charge in [-0.2, -0.15) is 4.31 Å². The predicted octanol–water partition coefficient (Wildman–Crippen LogP) is 3.01. The maximum atomic E-state index is 13.1. The molecule has 0 bridgehead atoms. The molecule has 1 aliphatic heterocycles. The number of nitrogens with one attached hydrogen (secondary N) is 1. The number of rotatable bonds is 10. The Labute approximate surface area is 188 Å². The molecule has 0 spiro atoms. The van der Waals surface area contributed by atoms with Gasteiger partial charge in [-0.05, 0) is 49.1 Å². The van der Waals surface area contributed by atoms with E-state index < -0.39 is 10.0 Å². The lowest BCUT2D eigenvalue weighted by Gasteiger charge is -2.28. The Balaban J connectivity index is 1.58. The van der Waals surface area contributed by atoms with Crippen molar-refractivity contribution in [2.24, 2.45) is 0 Å². The van der Waals surface area contributed by atoms with E-state index in [1.807, 2.05) is 31.2 Å². The van der Waals surface area contributed by atoms with Gasteiger partial charge in [-0.25, -0.2) is 8.42 Å². The number of carbonyl (C=O) groups is 1. The van der Waals surface area contributed by atoms with Crippen LogP contribution in [0.1, 0.15) is 24.5 Å². The number of hydrogen-bond acceptors (Lipinski definition) is 5. The van der Waals surface area contributed by atoms with Gasteiger partial charge in [-0.1, -0.05) is 35.9 Å². The largest absolute Gasteiger partial charge is 0.482 e. The van der Waals surface area contributed by atoms with Crippen LogP contribution in [0.5, 0.6) is 5.75 Å². The highest BCUT2D eigenvalue weighted by molar-refractivity contribution is 7.89. The molecule has 1 heterocycles. The molecule has 0 aliphatic carbocycles. The first-order valence-corrected chi connectivity index (χ1v) is 12.1. The lowest BCUT2D eigenvalue weighted by atomic mass is 10.0. The van der Waals surface area contributed by atoms with Crippen molar-refractivity contribution < 1.29 is 22.7 Å². The Morgan fingerprint density at radius 2 is 1.97 bits per heavy atom. The minimum Gasteiger partial charge on any atom is -0.482 e. The highest BCUT2D eigenvalue weighted by Crippen LogP contribution is 2.30. The Kier molecular flexibility index (Phi) is 8.31. The van der Waals surface area contributed by atoms with Crippen LogP contribution in [0.3, 0.4) is 0 Å².